The number of hydrogen-bond acceptors (Lipinski definition) is 2. The van der Waals surface area contributed by atoms with Crippen molar-refractivity contribution in [2.45, 2.75) is 46.1 Å². The molecule has 0 spiro atoms. The van der Waals surface area contributed by atoms with Gasteiger partial charge in [0, 0.05) is 12.8 Å². The summed E-state index contributed by atoms with van der Waals surface area (Å²) in [4.78, 5) is 22.8. The highest BCUT2D eigenvalue weighted by Gasteiger charge is 2.20. The van der Waals surface area contributed by atoms with Crippen LogP contribution in [0.2, 0.25) is 0 Å². The number of hydrogen-bond donors (Lipinski definition) is 2. The van der Waals surface area contributed by atoms with Gasteiger partial charge in [-0.05, 0) is 29.5 Å². The lowest BCUT2D eigenvalue weighted by molar-refractivity contribution is -0.137. The summed E-state index contributed by atoms with van der Waals surface area (Å²) in [7, 11) is 0. The van der Waals surface area contributed by atoms with Gasteiger partial charge in [-0.15, -0.1) is 0 Å². The Labute approximate surface area is 124 Å². The zero-order valence-electron chi connectivity index (χ0n) is 12.6. The summed E-state index contributed by atoms with van der Waals surface area (Å²) in [5.41, 5.74) is 0.560. The lowest BCUT2D eigenvalue weighted by atomic mass is 9.91. The van der Waals surface area contributed by atoms with Gasteiger partial charge in [0.25, 0.3) is 0 Å². The topological polar surface area (TPSA) is 66.4 Å². The number of nitrogens with one attached hydrogen (secondary N) is 1. The summed E-state index contributed by atoms with van der Waals surface area (Å²) >= 11 is 0. The smallest absolute Gasteiger partial charge is 0.303 e. The molecule has 5 heteroatoms. The first-order valence-electron chi connectivity index (χ1n) is 6.94. The van der Waals surface area contributed by atoms with E-state index in [0.717, 1.165) is 0 Å². The molecule has 1 rings (SSSR count). The number of carbonyl (C=O) groups is 2. The van der Waals surface area contributed by atoms with Crippen LogP contribution in [0.3, 0.4) is 0 Å². The van der Waals surface area contributed by atoms with Crippen LogP contribution < -0.4 is 5.32 Å². The van der Waals surface area contributed by atoms with Gasteiger partial charge < -0.3 is 10.4 Å². The van der Waals surface area contributed by atoms with Crippen LogP contribution in [0.4, 0.5) is 4.39 Å². The largest absolute Gasteiger partial charge is 0.481 e. The molecule has 0 saturated heterocycles. The SMILES string of the molecule is CC(C)(C)CC(=O)NC(CCC(=O)O)c1ccc(F)cc1. The lowest BCUT2D eigenvalue weighted by Gasteiger charge is -2.22. The van der Waals surface area contributed by atoms with Crippen LogP contribution in [0.25, 0.3) is 0 Å². The van der Waals surface area contributed by atoms with Gasteiger partial charge in [-0.2, -0.15) is 0 Å². The predicted molar refractivity (Wildman–Crippen MR) is 78.2 cm³/mol. The summed E-state index contributed by atoms with van der Waals surface area (Å²) in [5, 5.41) is 11.6. The van der Waals surface area contributed by atoms with Crippen molar-refractivity contribution in [3.8, 4) is 0 Å². The number of halogens is 1. The molecule has 1 unspecified atom stereocenters. The molecule has 0 heterocycles. The van der Waals surface area contributed by atoms with E-state index < -0.39 is 12.0 Å². The minimum absolute atomic E-state index is 0.0577. The molecule has 1 amide bonds. The van der Waals surface area contributed by atoms with E-state index in [2.05, 4.69) is 5.32 Å². The fraction of sp³-hybridized carbons (Fsp3) is 0.500. The third kappa shape index (κ3) is 6.88. The molecule has 21 heavy (non-hydrogen) atoms. The van der Waals surface area contributed by atoms with E-state index in [4.69, 9.17) is 5.11 Å². The van der Waals surface area contributed by atoms with Crippen molar-refractivity contribution < 1.29 is 19.1 Å². The second-order valence-electron chi connectivity index (χ2n) is 6.34. The monoisotopic (exact) mass is 295 g/mol. The van der Waals surface area contributed by atoms with Crippen molar-refractivity contribution in [2.24, 2.45) is 5.41 Å². The van der Waals surface area contributed by atoms with Crippen LogP contribution in [-0.2, 0) is 9.59 Å². The van der Waals surface area contributed by atoms with E-state index in [1.54, 1.807) is 12.1 Å². The minimum atomic E-state index is -0.924. The highest BCUT2D eigenvalue weighted by molar-refractivity contribution is 5.77. The number of carbonyl (C=O) groups excluding carboxylic acids is 1. The Morgan fingerprint density at radius 2 is 1.81 bits per heavy atom. The van der Waals surface area contributed by atoms with Gasteiger partial charge >= 0.3 is 5.97 Å². The first-order valence-corrected chi connectivity index (χ1v) is 6.94. The zero-order valence-corrected chi connectivity index (χ0v) is 12.6. The van der Waals surface area contributed by atoms with Gasteiger partial charge in [-0.1, -0.05) is 32.9 Å². The fourth-order valence-corrected chi connectivity index (χ4v) is 2.01. The second kappa shape index (κ2) is 7.20. The maximum absolute atomic E-state index is 13.0. The molecule has 1 atom stereocenters. The summed E-state index contributed by atoms with van der Waals surface area (Å²) in [6.07, 6.45) is 0.562. The average Bonchev–Trinajstić information content (AvgIpc) is 2.33. The Hall–Kier alpha value is -1.91. The molecule has 0 aromatic heterocycles. The Balaban J connectivity index is 2.79. The number of rotatable bonds is 6. The predicted octanol–water partition coefficient (Wildman–Crippen LogP) is 3.28. The third-order valence-electron chi connectivity index (χ3n) is 2.95. The first kappa shape index (κ1) is 17.1. The van der Waals surface area contributed by atoms with Crippen LogP contribution in [0, 0.1) is 11.2 Å². The first-order chi connectivity index (χ1) is 9.67. The van der Waals surface area contributed by atoms with E-state index >= 15 is 0 Å². The van der Waals surface area contributed by atoms with E-state index in [9.17, 15) is 14.0 Å². The number of aliphatic carboxylic acids is 1. The Bertz CT molecular complexity index is 491. The van der Waals surface area contributed by atoms with Crippen molar-refractivity contribution in [1.29, 1.82) is 0 Å². The number of amides is 1. The van der Waals surface area contributed by atoms with Crippen LogP contribution in [0.15, 0.2) is 24.3 Å². The van der Waals surface area contributed by atoms with Crippen LogP contribution in [0.5, 0.6) is 0 Å². The summed E-state index contributed by atoms with van der Waals surface area (Å²) in [6, 6.07) is 5.33. The van der Waals surface area contributed by atoms with Gasteiger partial charge in [0.05, 0.1) is 6.04 Å². The molecule has 0 fully saturated rings. The van der Waals surface area contributed by atoms with Gasteiger partial charge in [0.1, 0.15) is 5.82 Å². The molecule has 116 valence electrons. The van der Waals surface area contributed by atoms with Crippen LogP contribution in [0.1, 0.15) is 51.6 Å². The maximum Gasteiger partial charge on any atom is 0.303 e. The van der Waals surface area contributed by atoms with Crippen molar-refractivity contribution in [3.63, 3.8) is 0 Å². The maximum atomic E-state index is 13.0. The van der Waals surface area contributed by atoms with Crippen molar-refractivity contribution in [3.05, 3.63) is 35.6 Å². The van der Waals surface area contributed by atoms with Crippen molar-refractivity contribution >= 4 is 11.9 Å². The van der Waals surface area contributed by atoms with Crippen molar-refractivity contribution in [2.75, 3.05) is 0 Å². The van der Waals surface area contributed by atoms with Gasteiger partial charge in [0.2, 0.25) is 5.91 Å². The molecule has 2 N–H and O–H groups in total. The van der Waals surface area contributed by atoms with Crippen molar-refractivity contribution in [1.82, 2.24) is 5.32 Å². The summed E-state index contributed by atoms with van der Waals surface area (Å²) in [6.45, 7) is 5.87. The number of carboxylic acid groups (broad SMARTS) is 1. The van der Waals surface area contributed by atoms with Gasteiger partial charge in [-0.25, -0.2) is 4.39 Å². The molecular formula is C16H22FNO3. The molecule has 0 aliphatic rings. The molecule has 0 aliphatic carbocycles. The highest BCUT2D eigenvalue weighted by atomic mass is 19.1. The Morgan fingerprint density at radius 1 is 1.24 bits per heavy atom. The van der Waals surface area contributed by atoms with E-state index in [0.29, 0.717) is 12.0 Å². The normalized spacial score (nSPS) is 12.8. The Morgan fingerprint density at radius 3 is 2.29 bits per heavy atom. The summed E-state index contributed by atoms with van der Waals surface area (Å²) < 4.78 is 13.0. The Kier molecular flexibility index (Phi) is 5.88. The van der Waals surface area contributed by atoms with E-state index in [1.165, 1.54) is 12.1 Å². The van der Waals surface area contributed by atoms with Gasteiger partial charge in [0.15, 0.2) is 0 Å². The lowest BCUT2D eigenvalue weighted by Crippen LogP contribution is -2.31. The highest BCUT2D eigenvalue weighted by Crippen LogP contribution is 2.22. The summed E-state index contributed by atoms with van der Waals surface area (Å²) in [5.74, 6) is -1.42. The van der Waals surface area contributed by atoms with Gasteiger partial charge in [-0.3, -0.25) is 9.59 Å². The second-order valence-corrected chi connectivity index (χ2v) is 6.34. The molecule has 0 radical (unpaired) electrons. The molecule has 4 nitrogen and oxygen atoms in total. The zero-order chi connectivity index (χ0) is 16.0. The standard InChI is InChI=1S/C16H22FNO3/c1-16(2,3)10-14(19)18-13(8-9-15(20)21)11-4-6-12(17)7-5-11/h4-7,13H,8-10H2,1-3H3,(H,18,19)(H,20,21). The molecule has 1 aromatic carbocycles. The minimum Gasteiger partial charge on any atom is -0.481 e. The average molecular weight is 295 g/mol. The quantitative estimate of drug-likeness (QED) is 0.846. The number of carboxylic acids is 1. The van der Waals surface area contributed by atoms with E-state index in [-0.39, 0.29) is 30.0 Å². The fourth-order valence-electron chi connectivity index (χ4n) is 2.01. The van der Waals surface area contributed by atoms with Crippen LogP contribution in [-0.4, -0.2) is 17.0 Å². The van der Waals surface area contributed by atoms with E-state index in [1.807, 2.05) is 20.8 Å². The molecular weight excluding hydrogens is 273 g/mol. The van der Waals surface area contributed by atoms with Crippen LogP contribution >= 0.6 is 0 Å². The third-order valence-corrected chi connectivity index (χ3v) is 2.95. The molecule has 0 aliphatic heterocycles. The number of benzene rings is 1. The molecule has 0 bridgehead atoms. The molecule has 1 aromatic rings. The molecule has 0 saturated carbocycles.